The second-order valence-corrected chi connectivity index (χ2v) is 7.25. The lowest BCUT2D eigenvalue weighted by molar-refractivity contribution is 0.340. The first-order valence-corrected chi connectivity index (χ1v) is 7.33. The van der Waals surface area contributed by atoms with Crippen LogP contribution in [0.15, 0.2) is 24.3 Å². The Hall–Kier alpha value is -0.820. The molecule has 98 valence electrons. The van der Waals surface area contributed by atoms with Crippen LogP contribution in [0, 0.1) is 5.41 Å². The number of hydrogen-bond donors (Lipinski definition) is 1. The maximum absolute atomic E-state index is 3.82. The van der Waals surface area contributed by atoms with E-state index in [0.29, 0.717) is 16.9 Å². The van der Waals surface area contributed by atoms with Gasteiger partial charge in [-0.25, -0.2) is 0 Å². The van der Waals surface area contributed by atoms with Crippen molar-refractivity contribution in [1.29, 1.82) is 0 Å². The average molecular weight is 243 g/mol. The molecular formula is C17H25N. The van der Waals surface area contributed by atoms with Crippen LogP contribution in [0.5, 0.6) is 0 Å². The predicted molar refractivity (Wildman–Crippen MR) is 76.8 cm³/mol. The van der Waals surface area contributed by atoms with Crippen molar-refractivity contribution in [3.05, 3.63) is 35.4 Å². The van der Waals surface area contributed by atoms with Gasteiger partial charge in [0.05, 0.1) is 0 Å². The van der Waals surface area contributed by atoms with Crippen molar-refractivity contribution in [3.8, 4) is 0 Å². The first-order chi connectivity index (χ1) is 8.50. The highest BCUT2D eigenvalue weighted by Crippen LogP contribution is 2.46. The first-order valence-electron chi connectivity index (χ1n) is 7.33. The van der Waals surface area contributed by atoms with Gasteiger partial charge < -0.3 is 5.32 Å². The highest BCUT2D eigenvalue weighted by molar-refractivity contribution is 5.38. The summed E-state index contributed by atoms with van der Waals surface area (Å²) in [6, 6.07) is 9.59. The standard InChI is InChI=1S/C17H25N/c1-16(2)9-8-15(18-12-17(3)10-11-17)13-6-4-5-7-14(13)16/h4-7,15,18H,8-12H2,1-3H3. The molecule has 0 saturated heterocycles. The lowest BCUT2D eigenvalue weighted by Crippen LogP contribution is -2.34. The van der Waals surface area contributed by atoms with Gasteiger partial charge in [-0.15, -0.1) is 0 Å². The maximum Gasteiger partial charge on any atom is 0.0323 e. The number of fused-ring (bicyclic) bond motifs is 1. The van der Waals surface area contributed by atoms with E-state index < -0.39 is 0 Å². The zero-order chi connectivity index (χ0) is 12.8. The molecule has 2 aliphatic carbocycles. The Bertz CT molecular complexity index is 443. The quantitative estimate of drug-likeness (QED) is 0.839. The molecule has 1 fully saturated rings. The molecule has 0 aromatic heterocycles. The van der Waals surface area contributed by atoms with E-state index in [1.807, 2.05) is 0 Å². The van der Waals surface area contributed by atoms with Gasteiger partial charge in [0, 0.05) is 12.6 Å². The Labute approximate surface area is 111 Å². The van der Waals surface area contributed by atoms with Crippen molar-refractivity contribution >= 4 is 0 Å². The normalized spacial score (nSPS) is 27.6. The van der Waals surface area contributed by atoms with Gasteiger partial charge in [-0.05, 0) is 47.6 Å². The van der Waals surface area contributed by atoms with Crippen LogP contribution in [-0.2, 0) is 5.41 Å². The van der Waals surface area contributed by atoms with Crippen LogP contribution in [-0.4, -0.2) is 6.54 Å². The Balaban J connectivity index is 1.80. The first kappa shape index (κ1) is 12.2. The van der Waals surface area contributed by atoms with Gasteiger partial charge in [0.2, 0.25) is 0 Å². The lowest BCUT2D eigenvalue weighted by atomic mass is 9.71. The minimum Gasteiger partial charge on any atom is -0.309 e. The molecule has 3 rings (SSSR count). The Morgan fingerprint density at radius 1 is 1.11 bits per heavy atom. The molecule has 0 bridgehead atoms. The lowest BCUT2D eigenvalue weighted by Gasteiger charge is -2.38. The second-order valence-electron chi connectivity index (χ2n) is 7.25. The van der Waals surface area contributed by atoms with Crippen LogP contribution >= 0.6 is 0 Å². The zero-order valence-corrected chi connectivity index (χ0v) is 11.9. The summed E-state index contributed by atoms with van der Waals surface area (Å²) in [6.07, 6.45) is 5.37. The van der Waals surface area contributed by atoms with Crippen LogP contribution in [0.25, 0.3) is 0 Å². The molecule has 1 unspecified atom stereocenters. The molecule has 1 heteroatoms. The average Bonchev–Trinajstić information content (AvgIpc) is 3.07. The topological polar surface area (TPSA) is 12.0 Å². The molecule has 2 aliphatic rings. The predicted octanol–water partition coefficient (Wildman–Crippen LogP) is 4.19. The van der Waals surface area contributed by atoms with Gasteiger partial charge in [-0.1, -0.05) is 45.0 Å². The van der Waals surface area contributed by atoms with Crippen LogP contribution in [0.4, 0.5) is 0 Å². The van der Waals surface area contributed by atoms with Crippen molar-refractivity contribution in [2.45, 2.75) is 57.9 Å². The molecule has 1 saturated carbocycles. The highest BCUT2D eigenvalue weighted by atomic mass is 14.9. The van der Waals surface area contributed by atoms with Gasteiger partial charge in [0.1, 0.15) is 0 Å². The third-order valence-electron chi connectivity index (χ3n) is 5.00. The van der Waals surface area contributed by atoms with E-state index in [0.717, 1.165) is 0 Å². The fourth-order valence-corrected chi connectivity index (χ4v) is 3.18. The van der Waals surface area contributed by atoms with E-state index in [4.69, 9.17) is 0 Å². The maximum atomic E-state index is 3.82. The summed E-state index contributed by atoms with van der Waals surface area (Å²) in [4.78, 5) is 0. The summed E-state index contributed by atoms with van der Waals surface area (Å²) in [6.45, 7) is 8.35. The molecule has 1 aromatic carbocycles. The van der Waals surface area contributed by atoms with E-state index >= 15 is 0 Å². The Morgan fingerprint density at radius 2 is 1.83 bits per heavy atom. The van der Waals surface area contributed by atoms with Gasteiger partial charge in [-0.3, -0.25) is 0 Å². The Morgan fingerprint density at radius 3 is 2.56 bits per heavy atom. The van der Waals surface area contributed by atoms with E-state index in [1.165, 1.54) is 37.8 Å². The fourth-order valence-electron chi connectivity index (χ4n) is 3.18. The minimum absolute atomic E-state index is 0.345. The minimum atomic E-state index is 0.345. The van der Waals surface area contributed by atoms with E-state index in [9.17, 15) is 0 Å². The summed E-state index contributed by atoms with van der Waals surface area (Å²) in [5, 5.41) is 3.82. The van der Waals surface area contributed by atoms with Gasteiger partial charge >= 0.3 is 0 Å². The smallest absolute Gasteiger partial charge is 0.0323 e. The van der Waals surface area contributed by atoms with Crippen molar-refractivity contribution in [2.75, 3.05) is 6.54 Å². The van der Waals surface area contributed by atoms with Crippen molar-refractivity contribution in [2.24, 2.45) is 5.41 Å². The molecule has 0 radical (unpaired) electrons. The summed E-state index contributed by atoms with van der Waals surface area (Å²) in [7, 11) is 0. The van der Waals surface area contributed by atoms with E-state index in [2.05, 4.69) is 50.4 Å². The summed E-state index contributed by atoms with van der Waals surface area (Å²) in [5.41, 5.74) is 4.04. The molecule has 1 aromatic rings. The van der Waals surface area contributed by atoms with E-state index in [1.54, 1.807) is 5.56 Å². The van der Waals surface area contributed by atoms with Crippen LogP contribution < -0.4 is 5.32 Å². The molecule has 0 spiro atoms. The summed E-state index contributed by atoms with van der Waals surface area (Å²) >= 11 is 0. The summed E-state index contributed by atoms with van der Waals surface area (Å²) < 4.78 is 0. The zero-order valence-electron chi connectivity index (χ0n) is 11.9. The largest absolute Gasteiger partial charge is 0.309 e. The highest BCUT2D eigenvalue weighted by Gasteiger charge is 2.38. The second kappa shape index (κ2) is 4.09. The summed E-state index contributed by atoms with van der Waals surface area (Å²) in [5.74, 6) is 0. The third-order valence-corrected chi connectivity index (χ3v) is 5.00. The van der Waals surface area contributed by atoms with Crippen molar-refractivity contribution in [1.82, 2.24) is 5.32 Å². The molecule has 0 heterocycles. The third kappa shape index (κ3) is 2.21. The van der Waals surface area contributed by atoms with Gasteiger partial charge in [0.15, 0.2) is 0 Å². The SMILES string of the molecule is CC1(CNC2CCC(C)(C)c3ccccc32)CC1. The molecule has 1 nitrogen and oxygen atoms in total. The molecule has 0 aliphatic heterocycles. The van der Waals surface area contributed by atoms with Crippen LogP contribution in [0.3, 0.4) is 0 Å². The fraction of sp³-hybridized carbons (Fsp3) is 0.647. The Kier molecular flexibility index (Phi) is 2.78. The van der Waals surface area contributed by atoms with E-state index in [-0.39, 0.29) is 0 Å². The molecule has 1 atom stereocenters. The van der Waals surface area contributed by atoms with Crippen molar-refractivity contribution < 1.29 is 0 Å². The van der Waals surface area contributed by atoms with Crippen molar-refractivity contribution in [3.63, 3.8) is 0 Å². The number of nitrogens with one attached hydrogen (secondary N) is 1. The van der Waals surface area contributed by atoms with Crippen LogP contribution in [0.2, 0.25) is 0 Å². The number of benzene rings is 1. The molecular weight excluding hydrogens is 218 g/mol. The molecule has 0 amide bonds. The monoisotopic (exact) mass is 243 g/mol. The molecule has 1 N–H and O–H groups in total. The number of hydrogen-bond acceptors (Lipinski definition) is 1. The molecule has 18 heavy (non-hydrogen) atoms. The van der Waals surface area contributed by atoms with Gasteiger partial charge in [0.25, 0.3) is 0 Å². The van der Waals surface area contributed by atoms with Gasteiger partial charge in [-0.2, -0.15) is 0 Å². The number of rotatable bonds is 3. The van der Waals surface area contributed by atoms with Crippen LogP contribution in [0.1, 0.15) is 63.6 Å².